The number of hydrogen-bond donors (Lipinski definition) is 2. The number of carbonyl (C=O) groups is 1. The zero-order valence-corrected chi connectivity index (χ0v) is 12.1. The lowest BCUT2D eigenvalue weighted by atomic mass is 10.1. The Morgan fingerprint density at radius 2 is 2.00 bits per heavy atom. The molecule has 2 rings (SSSR count). The molecule has 0 amide bonds. The first-order valence-electron chi connectivity index (χ1n) is 6.25. The van der Waals surface area contributed by atoms with E-state index in [-0.39, 0.29) is 11.3 Å². The highest BCUT2D eigenvalue weighted by atomic mass is 32.3. The second-order valence-corrected chi connectivity index (χ2v) is 5.59. The van der Waals surface area contributed by atoms with E-state index in [0.717, 1.165) is 6.07 Å². The third-order valence-corrected chi connectivity index (χ3v) is 3.61. The number of carboxylic acids is 1. The van der Waals surface area contributed by atoms with Gasteiger partial charge in [0.2, 0.25) is 0 Å². The summed E-state index contributed by atoms with van der Waals surface area (Å²) in [7, 11) is -5.21. The molecule has 21 heavy (non-hydrogen) atoms. The topological polar surface area (TPSA) is 95.9 Å². The Hall–Kier alpha value is -1.87. The van der Waals surface area contributed by atoms with E-state index < -0.39 is 16.5 Å². The van der Waals surface area contributed by atoms with Crippen LogP contribution in [-0.4, -0.2) is 45.7 Å². The lowest BCUT2D eigenvalue weighted by Crippen LogP contribution is -2.43. The maximum atomic E-state index is 12.7. The van der Waals surface area contributed by atoms with Gasteiger partial charge in [0.25, 0.3) is 0 Å². The van der Waals surface area contributed by atoms with Crippen LogP contribution in [-0.2, 0) is 10.5 Å². The smallest absolute Gasteiger partial charge is 0.478 e. The van der Waals surface area contributed by atoms with Crippen LogP contribution in [0.15, 0.2) is 12.1 Å². The fraction of sp³-hybridized carbons (Fsp3) is 0.417. The van der Waals surface area contributed by atoms with Crippen molar-refractivity contribution in [2.24, 2.45) is 0 Å². The fourth-order valence-corrected chi connectivity index (χ4v) is 2.61. The highest BCUT2D eigenvalue weighted by molar-refractivity contribution is 7.81. The van der Waals surface area contributed by atoms with Crippen LogP contribution in [0.3, 0.4) is 0 Å². The number of nitrogens with zero attached hydrogens (tertiary/aromatic N) is 1. The van der Waals surface area contributed by atoms with Crippen molar-refractivity contribution in [2.75, 3.05) is 31.1 Å². The molecule has 0 bridgehead atoms. The lowest BCUT2D eigenvalue weighted by molar-refractivity contribution is 0.0696. The van der Waals surface area contributed by atoms with Gasteiger partial charge < -0.3 is 19.5 Å². The number of nitrogens with one attached hydrogen (secondary N) is 1. The molecule has 1 aromatic rings. The molecule has 116 valence electrons. The van der Waals surface area contributed by atoms with Gasteiger partial charge in [-0.25, -0.2) is 4.79 Å². The number of carboxylic acid groups (broad SMARTS) is 1. The summed E-state index contributed by atoms with van der Waals surface area (Å²) in [6, 6.07) is 2.43. The van der Waals surface area contributed by atoms with Crippen LogP contribution in [0, 0.1) is 6.92 Å². The molecule has 1 fully saturated rings. The Morgan fingerprint density at radius 3 is 2.52 bits per heavy atom. The zero-order chi connectivity index (χ0) is 15.6. The van der Waals surface area contributed by atoms with E-state index in [4.69, 9.17) is 5.11 Å². The maximum absolute atomic E-state index is 12.7. The number of aromatic carboxylic acids is 1. The summed E-state index contributed by atoms with van der Waals surface area (Å²) >= 11 is 0. The highest BCUT2D eigenvalue weighted by Gasteiger charge is 2.21. The number of rotatable bonds is 4. The number of halogens is 1. The molecule has 0 spiro atoms. The van der Waals surface area contributed by atoms with Gasteiger partial charge >= 0.3 is 16.5 Å². The van der Waals surface area contributed by atoms with Crippen LogP contribution in [0.5, 0.6) is 5.75 Å². The van der Waals surface area contributed by atoms with Crippen molar-refractivity contribution < 1.29 is 26.4 Å². The first-order valence-corrected chi connectivity index (χ1v) is 7.56. The minimum absolute atomic E-state index is 0.159. The van der Waals surface area contributed by atoms with Crippen molar-refractivity contribution in [1.82, 2.24) is 5.32 Å². The molecular formula is C12H15FN2O5S. The van der Waals surface area contributed by atoms with Crippen LogP contribution < -0.4 is 14.4 Å². The van der Waals surface area contributed by atoms with Gasteiger partial charge in [0, 0.05) is 37.4 Å². The summed E-state index contributed by atoms with van der Waals surface area (Å²) in [6.07, 6.45) is 0. The predicted octanol–water partition coefficient (Wildman–Crippen LogP) is 0.696. The van der Waals surface area contributed by atoms with Gasteiger partial charge in [0.15, 0.2) is 5.75 Å². The Morgan fingerprint density at radius 1 is 1.38 bits per heavy atom. The summed E-state index contributed by atoms with van der Waals surface area (Å²) in [5.74, 6) is -1.56. The fourth-order valence-electron chi connectivity index (χ4n) is 2.22. The lowest BCUT2D eigenvalue weighted by Gasteiger charge is -2.31. The average Bonchev–Trinajstić information content (AvgIpc) is 2.40. The van der Waals surface area contributed by atoms with Crippen molar-refractivity contribution in [1.29, 1.82) is 0 Å². The Labute approximate surface area is 121 Å². The van der Waals surface area contributed by atoms with Gasteiger partial charge in [-0.2, -0.15) is 8.42 Å². The van der Waals surface area contributed by atoms with Crippen molar-refractivity contribution in [2.45, 2.75) is 6.92 Å². The summed E-state index contributed by atoms with van der Waals surface area (Å²) in [5, 5.41) is 12.2. The Kier molecular flexibility index (Phi) is 4.33. The van der Waals surface area contributed by atoms with Gasteiger partial charge in [0.05, 0.1) is 5.56 Å². The SMILES string of the molecule is Cc1c(OS(=O)(=O)F)cc(C(=O)O)cc1N1CCNCC1. The standard InChI is InChI=1S/C12H15FN2O5S/c1-8-10(15-4-2-14-3-5-15)6-9(12(16)17)7-11(8)20-21(13,18)19/h6-7,14H,2-5H2,1H3,(H,16,17). The van der Waals surface area contributed by atoms with Crippen molar-refractivity contribution in [3.05, 3.63) is 23.3 Å². The van der Waals surface area contributed by atoms with E-state index in [2.05, 4.69) is 9.50 Å². The van der Waals surface area contributed by atoms with Crippen LogP contribution in [0.2, 0.25) is 0 Å². The largest absolute Gasteiger partial charge is 0.488 e. The normalized spacial score (nSPS) is 15.8. The van der Waals surface area contributed by atoms with Gasteiger partial charge in [-0.15, -0.1) is 0 Å². The third kappa shape index (κ3) is 3.82. The summed E-state index contributed by atoms with van der Waals surface area (Å²) in [5.41, 5.74) is 0.742. The minimum atomic E-state index is -5.21. The third-order valence-electron chi connectivity index (χ3n) is 3.23. The molecular weight excluding hydrogens is 303 g/mol. The zero-order valence-electron chi connectivity index (χ0n) is 11.3. The summed E-state index contributed by atoms with van der Waals surface area (Å²) in [4.78, 5) is 13.0. The number of hydrogen-bond acceptors (Lipinski definition) is 6. The van der Waals surface area contributed by atoms with Crippen molar-refractivity contribution in [3.63, 3.8) is 0 Å². The molecule has 9 heteroatoms. The van der Waals surface area contributed by atoms with Gasteiger partial charge in [0.1, 0.15) is 0 Å². The average molecular weight is 318 g/mol. The second kappa shape index (κ2) is 5.86. The molecule has 0 aromatic heterocycles. The monoisotopic (exact) mass is 318 g/mol. The molecule has 1 heterocycles. The first kappa shape index (κ1) is 15.5. The molecule has 1 aliphatic heterocycles. The number of benzene rings is 1. The molecule has 0 radical (unpaired) electrons. The van der Waals surface area contributed by atoms with Crippen molar-refractivity contribution in [3.8, 4) is 5.75 Å². The van der Waals surface area contributed by atoms with Crippen LogP contribution in [0.25, 0.3) is 0 Å². The van der Waals surface area contributed by atoms with E-state index in [1.165, 1.54) is 6.07 Å². The Balaban J connectivity index is 2.49. The van der Waals surface area contributed by atoms with Crippen molar-refractivity contribution >= 4 is 22.2 Å². The molecule has 0 saturated carbocycles. The maximum Gasteiger partial charge on any atom is 0.488 e. The molecule has 7 nitrogen and oxygen atoms in total. The van der Waals surface area contributed by atoms with Crippen LogP contribution in [0.4, 0.5) is 9.57 Å². The van der Waals surface area contributed by atoms with E-state index in [1.807, 2.05) is 4.90 Å². The number of anilines is 1. The van der Waals surface area contributed by atoms with E-state index in [1.54, 1.807) is 6.92 Å². The molecule has 1 saturated heterocycles. The predicted molar refractivity (Wildman–Crippen MR) is 73.9 cm³/mol. The minimum Gasteiger partial charge on any atom is -0.478 e. The van der Waals surface area contributed by atoms with Gasteiger partial charge in [-0.05, 0) is 19.1 Å². The highest BCUT2D eigenvalue weighted by Crippen LogP contribution is 2.32. The van der Waals surface area contributed by atoms with Crippen LogP contribution >= 0.6 is 0 Å². The van der Waals surface area contributed by atoms with E-state index >= 15 is 0 Å². The number of piperazine rings is 1. The summed E-state index contributed by atoms with van der Waals surface area (Å²) < 4.78 is 38.3. The first-order chi connectivity index (χ1) is 9.78. The van der Waals surface area contributed by atoms with E-state index in [0.29, 0.717) is 37.4 Å². The molecule has 0 aliphatic carbocycles. The quantitative estimate of drug-likeness (QED) is 0.789. The molecule has 0 unspecified atom stereocenters. The molecule has 1 aliphatic rings. The van der Waals surface area contributed by atoms with Gasteiger partial charge in [-0.3, -0.25) is 0 Å². The molecule has 2 N–H and O–H groups in total. The second-order valence-electron chi connectivity index (χ2n) is 4.64. The van der Waals surface area contributed by atoms with Gasteiger partial charge in [-0.1, -0.05) is 3.89 Å². The molecule has 0 atom stereocenters. The molecule has 1 aromatic carbocycles. The summed E-state index contributed by atoms with van der Waals surface area (Å²) in [6.45, 7) is 4.25. The van der Waals surface area contributed by atoms with Crippen LogP contribution in [0.1, 0.15) is 15.9 Å². The van der Waals surface area contributed by atoms with E-state index in [9.17, 15) is 17.1 Å². The Bertz CT molecular complexity index is 656.